The minimum Gasteiger partial charge on any atom is -0.448 e. The first-order valence-corrected chi connectivity index (χ1v) is 7.89. The van der Waals surface area contributed by atoms with Gasteiger partial charge in [0.05, 0.1) is 0 Å². The molecule has 3 rings (SSSR count). The fourth-order valence-electron chi connectivity index (χ4n) is 2.05. The molecule has 0 spiro atoms. The lowest BCUT2D eigenvalue weighted by Crippen LogP contribution is -2.35. The highest BCUT2D eigenvalue weighted by molar-refractivity contribution is 7.99. The molecule has 0 saturated carbocycles. The summed E-state index contributed by atoms with van der Waals surface area (Å²) in [6.07, 6.45) is 0.246. The van der Waals surface area contributed by atoms with E-state index < -0.39 is 0 Å². The van der Waals surface area contributed by atoms with Gasteiger partial charge >= 0.3 is 6.08 Å². The molecule has 0 unspecified atom stereocenters. The summed E-state index contributed by atoms with van der Waals surface area (Å²) >= 11 is 2.01. The van der Waals surface area contributed by atoms with Crippen LogP contribution in [0.5, 0.6) is 6.08 Å². The lowest BCUT2D eigenvalue weighted by Gasteiger charge is -2.25. The van der Waals surface area contributed by atoms with Gasteiger partial charge in [-0.3, -0.25) is 4.90 Å². The highest BCUT2D eigenvalue weighted by Gasteiger charge is 2.12. The molecule has 0 bridgehead atoms. The van der Waals surface area contributed by atoms with E-state index in [2.05, 4.69) is 15.1 Å². The van der Waals surface area contributed by atoms with Crippen LogP contribution < -0.4 is 4.74 Å². The van der Waals surface area contributed by atoms with Crippen LogP contribution in [0.4, 0.5) is 0 Å². The molecule has 106 valence electrons. The van der Waals surface area contributed by atoms with Crippen molar-refractivity contribution in [3.8, 4) is 17.5 Å². The molecule has 1 aliphatic rings. The summed E-state index contributed by atoms with van der Waals surface area (Å²) in [5, 5.41) is 7.91. The molecule has 1 aromatic carbocycles. The summed E-state index contributed by atoms with van der Waals surface area (Å²) in [5.74, 6) is 2.91. The van der Waals surface area contributed by atoms with Crippen LogP contribution in [0.2, 0.25) is 0 Å². The molecule has 6 heteroatoms. The minimum absolute atomic E-state index is 0.246. The molecule has 1 saturated heterocycles. The number of rotatable bonds is 5. The first kappa shape index (κ1) is 13.5. The van der Waals surface area contributed by atoms with Gasteiger partial charge in [0.1, 0.15) is 6.61 Å². The van der Waals surface area contributed by atoms with Crippen LogP contribution in [0.1, 0.15) is 0 Å². The average Bonchev–Trinajstić information content (AvgIpc) is 2.98. The quantitative estimate of drug-likeness (QED) is 0.841. The maximum Gasteiger partial charge on any atom is 0.414 e. The summed E-state index contributed by atoms with van der Waals surface area (Å²) in [7, 11) is 0. The Hall–Kier alpha value is -1.53. The zero-order valence-electron chi connectivity index (χ0n) is 11.2. The summed E-state index contributed by atoms with van der Waals surface area (Å²) in [5.41, 5.74) is 0.905. The van der Waals surface area contributed by atoms with Crippen LogP contribution in [0.3, 0.4) is 0 Å². The van der Waals surface area contributed by atoms with E-state index in [1.807, 2.05) is 42.1 Å². The first-order valence-electron chi connectivity index (χ1n) is 6.73. The third kappa shape index (κ3) is 3.52. The van der Waals surface area contributed by atoms with Gasteiger partial charge in [-0.25, -0.2) is 0 Å². The Morgan fingerprint density at radius 3 is 2.75 bits per heavy atom. The van der Waals surface area contributed by atoms with Crippen LogP contribution in [-0.2, 0) is 0 Å². The lowest BCUT2D eigenvalue weighted by molar-refractivity contribution is 0.184. The Bertz CT molecular complexity index is 526. The van der Waals surface area contributed by atoms with Crippen molar-refractivity contribution < 1.29 is 9.15 Å². The SMILES string of the molecule is c1ccc(-c2nnc(OCCN3CCSCC3)o2)cc1. The van der Waals surface area contributed by atoms with Crippen LogP contribution in [0, 0.1) is 0 Å². The van der Waals surface area contributed by atoms with E-state index in [0.717, 1.165) is 25.2 Å². The number of ether oxygens (including phenoxy) is 1. The van der Waals surface area contributed by atoms with E-state index in [1.165, 1.54) is 11.5 Å². The van der Waals surface area contributed by atoms with Crippen LogP contribution in [-0.4, -0.2) is 52.8 Å². The van der Waals surface area contributed by atoms with Crippen molar-refractivity contribution in [2.45, 2.75) is 0 Å². The third-order valence-corrected chi connectivity index (χ3v) is 4.11. The van der Waals surface area contributed by atoms with Gasteiger partial charge in [-0.1, -0.05) is 23.3 Å². The molecule has 0 aliphatic carbocycles. The zero-order valence-corrected chi connectivity index (χ0v) is 12.0. The second-order valence-electron chi connectivity index (χ2n) is 4.54. The first-order chi connectivity index (χ1) is 9.92. The van der Waals surface area contributed by atoms with Gasteiger partial charge in [0, 0.05) is 36.7 Å². The van der Waals surface area contributed by atoms with Crippen LogP contribution >= 0.6 is 11.8 Å². The van der Waals surface area contributed by atoms with Crippen LogP contribution in [0.15, 0.2) is 34.7 Å². The highest BCUT2D eigenvalue weighted by atomic mass is 32.2. The number of nitrogens with zero attached hydrogens (tertiary/aromatic N) is 3. The fraction of sp³-hybridized carbons (Fsp3) is 0.429. The number of benzene rings is 1. The molecular formula is C14H17N3O2S. The van der Waals surface area contributed by atoms with Gasteiger partial charge in [-0.05, 0) is 12.1 Å². The van der Waals surface area contributed by atoms with Crippen molar-refractivity contribution in [2.24, 2.45) is 0 Å². The van der Waals surface area contributed by atoms with Crippen molar-refractivity contribution >= 4 is 11.8 Å². The van der Waals surface area contributed by atoms with Crippen molar-refractivity contribution in [3.05, 3.63) is 30.3 Å². The number of hydrogen-bond donors (Lipinski definition) is 0. The maximum absolute atomic E-state index is 5.52. The Balaban J connectivity index is 1.50. The molecule has 2 heterocycles. The van der Waals surface area contributed by atoms with Crippen molar-refractivity contribution in [1.82, 2.24) is 15.1 Å². The topological polar surface area (TPSA) is 51.4 Å². The molecule has 1 aromatic heterocycles. The smallest absolute Gasteiger partial charge is 0.414 e. The molecular weight excluding hydrogens is 274 g/mol. The van der Waals surface area contributed by atoms with Gasteiger partial charge < -0.3 is 9.15 Å². The molecule has 1 aliphatic heterocycles. The summed E-state index contributed by atoms with van der Waals surface area (Å²) in [6.45, 7) is 3.75. The van der Waals surface area contributed by atoms with E-state index in [-0.39, 0.29) is 6.08 Å². The lowest BCUT2D eigenvalue weighted by atomic mass is 10.2. The fourth-order valence-corrected chi connectivity index (χ4v) is 3.03. The number of hydrogen-bond acceptors (Lipinski definition) is 6. The van der Waals surface area contributed by atoms with E-state index in [1.54, 1.807) is 0 Å². The monoisotopic (exact) mass is 291 g/mol. The summed E-state index contributed by atoms with van der Waals surface area (Å²) in [6, 6.07) is 9.70. The predicted octanol–water partition coefficient (Wildman–Crippen LogP) is 2.16. The second-order valence-corrected chi connectivity index (χ2v) is 5.77. The Labute approximate surface area is 122 Å². The average molecular weight is 291 g/mol. The Kier molecular flexibility index (Phi) is 4.55. The van der Waals surface area contributed by atoms with E-state index in [4.69, 9.17) is 9.15 Å². The van der Waals surface area contributed by atoms with Crippen molar-refractivity contribution in [1.29, 1.82) is 0 Å². The van der Waals surface area contributed by atoms with E-state index >= 15 is 0 Å². The Morgan fingerprint density at radius 2 is 1.95 bits per heavy atom. The standard InChI is InChI=1S/C14H17N3O2S/c1-2-4-12(5-3-1)13-15-16-14(19-13)18-9-6-17-7-10-20-11-8-17/h1-5H,6-11H2. The molecule has 20 heavy (non-hydrogen) atoms. The molecule has 2 aromatic rings. The molecule has 0 atom stereocenters. The molecule has 0 radical (unpaired) electrons. The minimum atomic E-state index is 0.246. The predicted molar refractivity (Wildman–Crippen MR) is 79.0 cm³/mol. The van der Waals surface area contributed by atoms with E-state index in [0.29, 0.717) is 12.5 Å². The van der Waals surface area contributed by atoms with Crippen LogP contribution in [0.25, 0.3) is 11.5 Å². The summed E-state index contributed by atoms with van der Waals surface area (Å²) in [4.78, 5) is 2.39. The van der Waals surface area contributed by atoms with E-state index in [9.17, 15) is 0 Å². The van der Waals surface area contributed by atoms with Gasteiger partial charge in [0.15, 0.2) is 0 Å². The normalized spacial score (nSPS) is 16.2. The van der Waals surface area contributed by atoms with Gasteiger partial charge in [0.25, 0.3) is 5.89 Å². The zero-order chi connectivity index (χ0) is 13.6. The number of thioether (sulfide) groups is 1. The van der Waals surface area contributed by atoms with Gasteiger partial charge in [0.2, 0.25) is 0 Å². The van der Waals surface area contributed by atoms with Gasteiger partial charge in [-0.2, -0.15) is 11.8 Å². The molecule has 5 nitrogen and oxygen atoms in total. The largest absolute Gasteiger partial charge is 0.448 e. The maximum atomic E-state index is 5.52. The number of aromatic nitrogens is 2. The molecule has 1 fully saturated rings. The highest BCUT2D eigenvalue weighted by Crippen LogP contribution is 2.20. The van der Waals surface area contributed by atoms with Crippen molar-refractivity contribution in [3.63, 3.8) is 0 Å². The third-order valence-electron chi connectivity index (χ3n) is 3.16. The molecule has 0 amide bonds. The second kappa shape index (κ2) is 6.76. The molecule has 0 N–H and O–H groups in total. The van der Waals surface area contributed by atoms with Crippen molar-refractivity contribution in [2.75, 3.05) is 37.7 Å². The Morgan fingerprint density at radius 1 is 1.15 bits per heavy atom. The summed E-state index contributed by atoms with van der Waals surface area (Å²) < 4.78 is 11.0. The van der Waals surface area contributed by atoms with Gasteiger partial charge in [-0.15, -0.1) is 5.10 Å².